The molecule has 3 rings (SSSR count). The highest BCUT2D eigenvalue weighted by atomic mass is 19.2. The lowest BCUT2D eigenvalue weighted by molar-refractivity contribution is 0.0547. The molecule has 0 aliphatic heterocycles. The quantitative estimate of drug-likeness (QED) is 0.128. The van der Waals surface area contributed by atoms with Crippen molar-refractivity contribution in [3.8, 4) is 11.8 Å². The molecule has 3 aromatic rings. The number of anilines is 2. The van der Waals surface area contributed by atoms with Gasteiger partial charge in [0.1, 0.15) is 0 Å². The summed E-state index contributed by atoms with van der Waals surface area (Å²) in [4.78, 5) is 15.9. The van der Waals surface area contributed by atoms with Crippen LogP contribution in [0.2, 0.25) is 0 Å². The van der Waals surface area contributed by atoms with Crippen LogP contribution in [0, 0.1) is 29.1 Å². The maximum atomic E-state index is 14.1. The molecular formula is C21H22F5N7O3. The van der Waals surface area contributed by atoms with E-state index in [4.69, 9.17) is 19.9 Å². The summed E-state index contributed by atoms with van der Waals surface area (Å²) in [5.41, 5.74) is 5.92. The van der Waals surface area contributed by atoms with Gasteiger partial charge in [0, 0.05) is 19.3 Å². The average molecular weight is 515 g/mol. The normalized spacial score (nSPS) is 10.9. The van der Waals surface area contributed by atoms with Gasteiger partial charge in [0.25, 0.3) is 0 Å². The van der Waals surface area contributed by atoms with E-state index in [-0.39, 0.29) is 31.6 Å². The molecule has 2 heterocycles. The Morgan fingerprint density at radius 3 is 2.03 bits per heavy atom. The molecule has 36 heavy (non-hydrogen) atoms. The summed E-state index contributed by atoms with van der Waals surface area (Å²) < 4.78 is 84.0. The Morgan fingerprint density at radius 2 is 1.39 bits per heavy atom. The van der Waals surface area contributed by atoms with Gasteiger partial charge in [-0.2, -0.15) is 23.7 Å². The first kappa shape index (κ1) is 26.9. The van der Waals surface area contributed by atoms with Crippen molar-refractivity contribution in [3.05, 3.63) is 59.2 Å². The van der Waals surface area contributed by atoms with Gasteiger partial charge in [0.05, 0.1) is 38.7 Å². The Hall–Kier alpha value is -3.69. The van der Waals surface area contributed by atoms with Crippen LogP contribution in [0.3, 0.4) is 0 Å². The predicted octanol–water partition coefficient (Wildman–Crippen LogP) is 2.77. The Balaban J connectivity index is 1.74. The van der Waals surface area contributed by atoms with E-state index in [2.05, 4.69) is 30.6 Å². The van der Waals surface area contributed by atoms with E-state index in [0.29, 0.717) is 32.1 Å². The van der Waals surface area contributed by atoms with Crippen LogP contribution >= 0.6 is 0 Å². The molecule has 0 saturated heterocycles. The molecule has 2 aromatic heterocycles. The summed E-state index contributed by atoms with van der Waals surface area (Å²) in [6.45, 7) is 2.03. The molecule has 10 nitrogen and oxygen atoms in total. The third-order valence-corrected chi connectivity index (χ3v) is 4.30. The van der Waals surface area contributed by atoms with Crippen molar-refractivity contribution in [2.75, 3.05) is 50.2 Å². The Morgan fingerprint density at radius 1 is 0.750 bits per heavy atom. The van der Waals surface area contributed by atoms with Crippen molar-refractivity contribution in [3.63, 3.8) is 0 Å². The van der Waals surface area contributed by atoms with Crippen molar-refractivity contribution in [1.82, 2.24) is 19.9 Å². The number of benzene rings is 1. The molecule has 0 aliphatic rings. The van der Waals surface area contributed by atoms with E-state index in [9.17, 15) is 22.0 Å². The van der Waals surface area contributed by atoms with Crippen molar-refractivity contribution < 1.29 is 36.2 Å². The maximum Gasteiger partial charge on any atom is 0.328 e. The summed E-state index contributed by atoms with van der Waals surface area (Å²) in [7, 11) is 0. The molecule has 0 bridgehead atoms. The second-order valence-corrected chi connectivity index (χ2v) is 6.88. The van der Waals surface area contributed by atoms with Crippen LogP contribution in [-0.4, -0.2) is 59.5 Å². The number of hydrogen-bond acceptors (Lipinski definition) is 10. The first-order chi connectivity index (χ1) is 17.4. The fourth-order valence-electron chi connectivity index (χ4n) is 2.64. The molecule has 1 aromatic carbocycles. The third kappa shape index (κ3) is 7.40. The van der Waals surface area contributed by atoms with Gasteiger partial charge in [-0.1, -0.05) is 6.07 Å². The zero-order chi connectivity index (χ0) is 25.9. The second kappa shape index (κ2) is 13.4. The molecule has 0 saturated carbocycles. The van der Waals surface area contributed by atoms with Crippen LogP contribution in [0.15, 0.2) is 24.4 Å². The topological polar surface area (TPSA) is 129 Å². The minimum atomic E-state index is -2.32. The summed E-state index contributed by atoms with van der Waals surface area (Å²) in [6, 6.07) is 4.46. The van der Waals surface area contributed by atoms with Gasteiger partial charge in [0.15, 0.2) is 0 Å². The van der Waals surface area contributed by atoms with Crippen LogP contribution in [0.1, 0.15) is 5.69 Å². The fourth-order valence-corrected chi connectivity index (χ4v) is 2.64. The molecule has 15 heteroatoms. The molecule has 0 aliphatic carbocycles. The molecule has 194 valence electrons. The number of nitrogens with zero attached hydrogens (tertiary/aromatic N) is 4. The molecule has 0 fully saturated rings. The first-order valence-corrected chi connectivity index (χ1v) is 10.6. The maximum absolute atomic E-state index is 14.1. The van der Waals surface area contributed by atoms with Crippen LogP contribution in [0.4, 0.5) is 33.8 Å². The number of pyridine rings is 1. The zero-order valence-electron chi connectivity index (χ0n) is 18.7. The number of hydrogen-bond donors (Lipinski definition) is 3. The predicted molar refractivity (Wildman–Crippen MR) is 117 cm³/mol. The van der Waals surface area contributed by atoms with Gasteiger partial charge in [-0.05, 0) is 12.1 Å². The molecule has 0 amide bonds. The van der Waals surface area contributed by atoms with Gasteiger partial charge < -0.3 is 30.6 Å². The highest BCUT2D eigenvalue weighted by molar-refractivity contribution is 5.38. The summed E-state index contributed by atoms with van der Waals surface area (Å²) in [5.74, 6) is -12.8. The Bertz CT molecular complexity index is 1120. The minimum Gasteiger partial charge on any atom is -0.418 e. The SMILES string of the molecule is NCCOCCOCCNc1nc(NCc2ccccn2)nc(Oc2c(F)c(F)c(F)c(F)c2F)n1. The van der Waals surface area contributed by atoms with Crippen molar-refractivity contribution in [2.45, 2.75) is 6.54 Å². The molecule has 0 atom stereocenters. The highest BCUT2D eigenvalue weighted by Crippen LogP contribution is 2.32. The lowest BCUT2D eigenvalue weighted by atomic mass is 10.2. The smallest absolute Gasteiger partial charge is 0.328 e. The second-order valence-electron chi connectivity index (χ2n) is 6.88. The van der Waals surface area contributed by atoms with Gasteiger partial charge in [0.2, 0.25) is 46.7 Å². The number of ether oxygens (including phenoxy) is 3. The average Bonchev–Trinajstić information content (AvgIpc) is 2.90. The highest BCUT2D eigenvalue weighted by Gasteiger charge is 2.28. The monoisotopic (exact) mass is 515 g/mol. The lowest BCUT2D eigenvalue weighted by Gasteiger charge is -2.12. The largest absolute Gasteiger partial charge is 0.418 e. The number of nitrogens with two attached hydrogens (primary N) is 1. The molecule has 4 N–H and O–H groups in total. The fraction of sp³-hybridized carbons (Fsp3) is 0.333. The van der Waals surface area contributed by atoms with E-state index in [0.717, 1.165) is 0 Å². The third-order valence-electron chi connectivity index (χ3n) is 4.30. The molecule has 0 radical (unpaired) electrons. The van der Waals surface area contributed by atoms with Crippen LogP contribution in [-0.2, 0) is 16.0 Å². The van der Waals surface area contributed by atoms with Crippen LogP contribution < -0.4 is 21.1 Å². The van der Waals surface area contributed by atoms with Crippen molar-refractivity contribution in [2.24, 2.45) is 5.73 Å². The lowest BCUT2D eigenvalue weighted by Crippen LogP contribution is -2.16. The number of aromatic nitrogens is 4. The summed E-state index contributed by atoms with van der Waals surface area (Å²) in [5, 5.41) is 5.61. The molecule has 0 unspecified atom stereocenters. The van der Waals surface area contributed by atoms with Crippen molar-refractivity contribution in [1.29, 1.82) is 0 Å². The van der Waals surface area contributed by atoms with E-state index in [1.165, 1.54) is 0 Å². The van der Waals surface area contributed by atoms with E-state index in [1.54, 1.807) is 24.4 Å². The van der Waals surface area contributed by atoms with Gasteiger partial charge in [-0.15, -0.1) is 0 Å². The minimum absolute atomic E-state index is 0.115. The summed E-state index contributed by atoms with van der Waals surface area (Å²) >= 11 is 0. The van der Waals surface area contributed by atoms with Gasteiger partial charge in [-0.25, -0.2) is 13.2 Å². The Kier molecular flexibility index (Phi) is 10.0. The van der Waals surface area contributed by atoms with E-state index >= 15 is 0 Å². The zero-order valence-corrected chi connectivity index (χ0v) is 18.7. The van der Waals surface area contributed by atoms with Crippen LogP contribution in [0.5, 0.6) is 11.8 Å². The number of rotatable bonds is 14. The van der Waals surface area contributed by atoms with E-state index < -0.39 is 40.8 Å². The standard InChI is InChI=1S/C21H22F5N7O3/c22-13-14(23)16(25)18(17(26)15(13)24)36-21-32-19(29-6-8-35-10-9-34-7-4-27)31-20(33-21)30-11-12-3-1-2-5-28-12/h1-3,5H,4,6-11,27H2,(H2,29,30,31,32,33). The van der Waals surface area contributed by atoms with E-state index in [1.807, 2.05) is 0 Å². The van der Waals surface area contributed by atoms with Crippen molar-refractivity contribution >= 4 is 11.9 Å². The van der Waals surface area contributed by atoms with Gasteiger partial charge >= 0.3 is 6.01 Å². The molecular weight excluding hydrogens is 493 g/mol. The summed E-state index contributed by atoms with van der Waals surface area (Å²) in [6.07, 6.45) is 1.57. The van der Waals surface area contributed by atoms with Crippen LogP contribution in [0.25, 0.3) is 0 Å². The first-order valence-electron chi connectivity index (χ1n) is 10.6. The number of nitrogens with one attached hydrogen (secondary N) is 2. The number of halogens is 5. The van der Waals surface area contributed by atoms with Gasteiger partial charge in [-0.3, -0.25) is 4.98 Å². The Labute approximate surface area is 202 Å². The molecule has 0 spiro atoms.